The predicted molar refractivity (Wildman–Crippen MR) is 148 cm³/mol. The summed E-state index contributed by atoms with van der Waals surface area (Å²) in [5, 5.41) is 22.7. The van der Waals surface area contributed by atoms with Crippen LogP contribution in [0.2, 0.25) is 0 Å². The molecule has 0 spiro atoms. The zero-order valence-electron chi connectivity index (χ0n) is 21.7. The smallest absolute Gasteiger partial charge is 0.278 e. The summed E-state index contributed by atoms with van der Waals surface area (Å²) in [6.07, 6.45) is 7.75. The van der Waals surface area contributed by atoms with Crippen LogP contribution in [0.15, 0.2) is 103 Å². The number of carbonyl (C=O) groups is 1. The number of aromatic nitrogens is 1. The van der Waals surface area contributed by atoms with E-state index in [1.165, 1.54) is 0 Å². The molecule has 38 heavy (non-hydrogen) atoms. The van der Waals surface area contributed by atoms with Gasteiger partial charge in [-0.1, -0.05) is 86.8 Å². The fraction of sp³-hybridized carbons (Fsp3) is 0.250. The summed E-state index contributed by atoms with van der Waals surface area (Å²) >= 11 is 0. The minimum atomic E-state index is -2.55. The molecule has 1 heterocycles. The second-order valence-corrected chi connectivity index (χ2v) is 9.22. The molecule has 196 valence electrons. The number of para-hydroxylation sites is 1. The van der Waals surface area contributed by atoms with Crippen LogP contribution in [-0.2, 0) is 12.5 Å². The van der Waals surface area contributed by atoms with E-state index in [9.17, 15) is 15.0 Å². The molecule has 0 bridgehead atoms. The van der Waals surface area contributed by atoms with Gasteiger partial charge >= 0.3 is 0 Å². The van der Waals surface area contributed by atoms with Crippen LogP contribution in [-0.4, -0.2) is 32.6 Å². The molecule has 0 aliphatic carbocycles. The minimum absolute atomic E-state index is 0.0576. The van der Waals surface area contributed by atoms with E-state index >= 15 is 0 Å². The first-order valence-corrected chi connectivity index (χ1v) is 13.0. The van der Waals surface area contributed by atoms with Crippen molar-refractivity contribution in [1.29, 1.82) is 0 Å². The van der Waals surface area contributed by atoms with E-state index in [0.717, 1.165) is 41.7 Å². The Kier molecular flexibility index (Phi) is 9.25. The molecule has 0 saturated carbocycles. The van der Waals surface area contributed by atoms with E-state index in [2.05, 4.69) is 11.9 Å². The Morgan fingerprint density at radius 1 is 0.816 bits per heavy atom. The van der Waals surface area contributed by atoms with Crippen LogP contribution in [0.5, 0.6) is 5.75 Å². The quantitative estimate of drug-likeness (QED) is 0.177. The Morgan fingerprint density at radius 3 is 2.18 bits per heavy atom. The van der Waals surface area contributed by atoms with E-state index < -0.39 is 11.8 Å². The number of carbonyl (C=O) groups excluding carboxylic acids is 1. The molecule has 2 N–H and O–H groups in total. The number of ether oxygens (including phenoxy) is 1. The van der Waals surface area contributed by atoms with Crippen molar-refractivity contribution in [2.45, 2.75) is 45.1 Å². The van der Waals surface area contributed by atoms with Crippen LogP contribution in [0, 0.1) is 0 Å². The standard InChI is InChI=1S/C32H34N2O4/c1-2-3-4-10-23-38-30-14-9-8-11-28(30)24-34(32(36,37)29-12-6-5-7-13-29)31(35)27-17-15-25(16-18-27)26-19-21-33-22-20-26/h5-9,11-22,36-37H,2-4,10,23-24H2,1H3. The molecule has 0 radical (unpaired) electrons. The minimum Gasteiger partial charge on any atom is -0.493 e. The number of amides is 1. The Hall–Kier alpha value is -4.00. The third-order valence-corrected chi connectivity index (χ3v) is 6.48. The maximum absolute atomic E-state index is 13.8. The summed E-state index contributed by atoms with van der Waals surface area (Å²) < 4.78 is 6.05. The van der Waals surface area contributed by atoms with Crippen molar-refractivity contribution in [1.82, 2.24) is 9.88 Å². The number of hydrogen-bond acceptors (Lipinski definition) is 5. The van der Waals surface area contributed by atoms with Crippen LogP contribution in [0.4, 0.5) is 0 Å². The molecular weight excluding hydrogens is 476 g/mol. The molecule has 1 aromatic heterocycles. The lowest BCUT2D eigenvalue weighted by molar-refractivity contribution is -0.259. The van der Waals surface area contributed by atoms with E-state index in [-0.39, 0.29) is 12.1 Å². The lowest BCUT2D eigenvalue weighted by Crippen LogP contribution is -2.49. The van der Waals surface area contributed by atoms with Crippen LogP contribution in [0.25, 0.3) is 11.1 Å². The molecule has 0 aliphatic heterocycles. The lowest BCUT2D eigenvalue weighted by Gasteiger charge is -2.36. The van der Waals surface area contributed by atoms with Gasteiger partial charge in [0.25, 0.3) is 11.8 Å². The number of aliphatic hydroxyl groups is 2. The van der Waals surface area contributed by atoms with Crippen molar-refractivity contribution in [2.75, 3.05) is 6.61 Å². The first kappa shape index (κ1) is 27.0. The molecule has 1 amide bonds. The zero-order chi connectivity index (χ0) is 26.8. The van der Waals surface area contributed by atoms with Crippen molar-refractivity contribution in [3.05, 3.63) is 120 Å². The summed E-state index contributed by atoms with van der Waals surface area (Å²) in [7, 11) is 0. The molecular formula is C32H34N2O4. The topological polar surface area (TPSA) is 82.9 Å². The Labute approximate surface area is 224 Å². The number of pyridine rings is 1. The van der Waals surface area contributed by atoms with Gasteiger partial charge in [-0.15, -0.1) is 0 Å². The lowest BCUT2D eigenvalue weighted by atomic mass is 10.0. The molecule has 0 unspecified atom stereocenters. The van der Waals surface area contributed by atoms with E-state index in [4.69, 9.17) is 4.74 Å². The SMILES string of the molecule is CCCCCCOc1ccccc1CN(C(=O)c1ccc(-c2ccncc2)cc1)C(O)(O)c1ccccc1. The Bertz CT molecular complexity index is 1290. The number of hydrogen-bond donors (Lipinski definition) is 2. The van der Waals surface area contributed by atoms with Gasteiger partial charge in [-0.2, -0.15) is 0 Å². The van der Waals surface area contributed by atoms with E-state index in [1.54, 1.807) is 54.9 Å². The molecule has 4 rings (SSSR count). The number of rotatable bonds is 12. The van der Waals surface area contributed by atoms with Crippen molar-refractivity contribution in [3.8, 4) is 16.9 Å². The van der Waals surface area contributed by atoms with Gasteiger partial charge in [-0.3, -0.25) is 14.7 Å². The van der Waals surface area contributed by atoms with Gasteiger partial charge in [0.15, 0.2) is 0 Å². The number of nitrogens with zero attached hydrogens (tertiary/aromatic N) is 2. The van der Waals surface area contributed by atoms with Crippen LogP contribution >= 0.6 is 0 Å². The van der Waals surface area contributed by atoms with Gasteiger partial charge in [-0.05, 0) is 47.9 Å². The zero-order valence-corrected chi connectivity index (χ0v) is 21.7. The van der Waals surface area contributed by atoms with Crippen molar-refractivity contribution >= 4 is 5.91 Å². The Morgan fingerprint density at radius 2 is 1.47 bits per heavy atom. The van der Waals surface area contributed by atoms with Gasteiger partial charge < -0.3 is 14.9 Å². The molecule has 0 fully saturated rings. The maximum Gasteiger partial charge on any atom is 0.278 e. The summed E-state index contributed by atoms with van der Waals surface area (Å²) in [6, 6.07) is 26.6. The van der Waals surface area contributed by atoms with Gasteiger partial charge in [0.05, 0.1) is 13.2 Å². The maximum atomic E-state index is 13.8. The van der Waals surface area contributed by atoms with Crippen molar-refractivity contribution in [3.63, 3.8) is 0 Å². The second kappa shape index (κ2) is 13.0. The normalized spacial score (nSPS) is 11.2. The third kappa shape index (κ3) is 6.65. The second-order valence-electron chi connectivity index (χ2n) is 9.22. The van der Waals surface area contributed by atoms with Gasteiger partial charge in [0.2, 0.25) is 0 Å². The molecule has 4 aromatic rings. The highest BCUT2D eigenvalue weighted by molar-refractivity contribution is 5.95. The highest BCUT2D eigenvalue weighted by Crippen LogP contribution is 2.30. The first-order chi connectivity index (χ1) is 18.5. The third-order valence-electron chi connectivity index (χ3n) is 6.48. The van der Waals surface area contributed by atoms with Crippen molar-refractivity contribution < 1.29 is 19.7 Å². The van der Waals surface area contributed by atoms with Crippen LogP contribution < -0.4 is 4.74 Å². The van der Waals surface area contributed by atoms with Gasteiger partial charge in [-0.25, -0.2) is 0 Å². The van der Waals surface area contributed by atoms with Gasteiger partial charge in [0.1, 0.15) is 5.75 Å². The molecule has 0 aliphatic rings. The molecule has 6 nitrogen and oxygen atoms in total. The molecule has 3 aromatic carbocycles. The highest BCUT2D eigenvalue weighted by Gasteiger charge is 2.38. The highest BCUT2D eigenvalue weighted by atomic mass is 16.5. The monoisotopic (exact) mass is 510 g/mol. The Balaban J connectivity index is 1.63. The number of benzene rings is 3. The molecule has 6 heteroatoms. The first-order valence-electron chi connectivity index (χ1n) is 13.0. The average molecular weight is 511 g/mol. The molecule has 0 atom stereocenters. The van der Waals surface area contributed by atoms with Crippen molar-refractivity contribution in [2.24, 2.45) is 0 Å². The number of unbranched alkanes of at least 4 members (excludes halogenated alkanes) is 3. The summed E-state index contributed by atoms with van der Waals surface area (Å²) in [5.74, 6) is -2.44. The predicted octanol–water partition coefficient (Wildman–Crippen LogP) is 6.15. The van der Waals surface area contributed by atoms with Crippen LogP contribution in [0.1, 0.15) is 54.1 Å². The van der Waals surface area contributed by atoms with E-state index in [0.29, 0.717) is 23.5 Å². The average Bonchev–Trinajstić information content (AvgIpc) is 2.97. The largest absolute Gasteiger partial charge is 0.493 e. The summed E-state index contributed by atoms with van der Waals surface area (Å²) in [4.78, 5) is 18.9. The molecule has 0 saturated heterocycles. The van der Waals surface area contributed by atoms with Crippen LogP contribution in [0.3, 0.4) is 0 Å². The fourth-order valence-electron chi connectivity index (χ4n) is 4.30. The van der Waals surface area contributed by atoms with Gasteiger partial charge in [0, 0.05) is 29.1 Å². The van der Waals surface area contributed by atoms with E-state index in [1.807, 2.05) is 48.5 Å². The summed E-state index contributed by atoms with van der Waals surface area (Å²) in [6.45, 7) is 2.67. The summed E-state index contributed by atoms with van der Waals surface area (Å²) in [5.41, 5.74) is 3.13. The fourth-order valence-corrected chi connectivity index (χ4v) is 4.30.